The zero-order chi connectivity index (χ0) is 22.3. The first-order chi connectivity index (χ1) is 14.8. The summed E-state index contributed by atoms with van der Waals surface area (Å²) in [6, 6.07) is 8.86. The summed E-state index contributed by atoms with van der Waals surface area (Å²) in [7, 11) is 1.57. The van der Waals surface area contributed by atoms with E-state index in [2.05, 4.69) is 6.58 Å². The molecule has 6 heteroatoms. The number of rotatable bonds is 5. The number of ketones is 1. The fourth-order valence-corrected chi connectivity index (χ4v) is 3.83. The van der Waals surface area contributed by atoms with Crippen LogP contribution < -0.4 is 18.9 Å². The van der Waals surface area contributed by atoms with Gasteiger partial charge in [0.2, 0.25) is 5.78 Å². The zero-order valence-electron chi connectivity index (χ0n) is 18.0. The molecule has 2 aromatic rings. The molecule has 0 saturated heterocycles. The SMILES string of the molecule is C=C(C)COc1ccc([C@H]2CC(=O)Oc3ccc4c(c32)OC(=C(C)C)C4=O)cc1OC. The average molecular weight is 420 g/mol. The minimum absolute atomic E-state index is 0.125. The highest BCUT2D eigenvalue weighted by Crippen LogP contribution is 2.49. The second-order valence-corrected chi connectivity index (χ2v) is 8.00. The number of hydrogen-bond acceptors (Lipinski definition) is 6. The largest absolute Gasteiger partial charge is 0.493 e. The van der Waals surface area contributed by atoms with Gasteiger partial charge in [-0.15, -0.1) is 0 Å². The summed E-state index contributed by atoms with van der Waals surface area (Å²) in [5.74, 6) is 1.47. The molecule has 2 aromatic carbocycles. The number of carbonyl (C=O) groups excluding carboxylic acids is 2. The zero-order valence-corrected chi connectivity index (χ0v) is 18.0. The van der Waals surface area contributed by atoms with Gasteiger partial charge in [-0.25, -0.2) is 0 Å². The summed E-state index contributed by atoms with van der Waals surface area (Å²) in [5, 5.41) is 0. The lowest BCUT2D eigenvalue weighted by Gasteiger charge is -2.27. The molecule has 0 spiro atoms. The molecule has 0 radical (unpaired) electrons. The maximum absolute atomic E-state index is 12.8. The average Bonchev–Trinajstić information content (AvgIpc) is 3.08. The van der Waals surface area contributed by atoms with Gasteiger partial charge in [0.15, 0.2) is 17.3 Å². The Morgan fingerprint density at radius 1 is 1.10 bits per heavy atom. The Morgan fingerprint density at radius 3 is 2.55 bits per heavy atom. The van der Waals surface area contributed by atoms with E-state index in [9.17, 15) is 9.59 Å². The van der Waals surface area contributed by atoms with Crippen molar-refractivity contribution in [2.24, 2.45) is 0 Å². The van der Waals surface area contributed by atoms with Crippen molar-refractivity contribution in [2.75, 3.05) is 13.7 Å². The molecule has 0 unspecified atom stereocenters. The molecule has 0 fully saturated rings. The molecule has 160 valence electrons. The van der Waals surface area contributed by atoms with Crippen LogP contribution in [-0.2, 0) is 4.79 Å². The van der Waals surface area contributed by atoms with Crippen molar-refractivity contribution < 1.29 is 28.5 Å². The predicted molar refractivity (Wildman–Crippen MR) is 115 cm³/mol. The van der Waals surface area contributed by atoms with E-state index >= 15 is 0 Å². The maximum atomic E-state index is 12.8. The molecule has 6 nitrogen and oxygen atoms in total. The normalized spacial score (nSPS) is 16.8. The number of esters is 1. The predicted octanol–water partition coefficient (Wildman–Crippen LogP) is 4.96. The monoisotopic (exact) mass is 420 g/mol. The van der Waals surface area contributed by atoms with Crippen molar-refractivity contribution in [3.8, 4) is 23.0 Å². The third-order valence-electron chi connectivity index (χ3n) is 5.27. The van der Waals surface area contributed by atoms with Crippen molar-refractivity contribution in [3.05, 3.63) is 70.5 Å². The molecule has 2 aliphatic rings. The number of Topliss-reactive ketones (excluding diaryl/α,β-unsaturated/α-hetero) is 1. The molecule has 0 aliphatic carbocycles. The van der Waals surface area contributed by atoms with Crippen LogP contribution in [0.4, 0.5) is 0 Å². The highest BCUT2D eigenvalue weighted by Gasteiger charge is 2.39. The first kappa shape index (κ1) is 20.7. The molecule has 0 N–H and O–H groups in total. The number of methoxy groups -OCH3 is 1. The lowest BCUT2D eigenvalue weighted by molar-refractivity contribution is -0.135. The molecular weight excluding hydrogens is 396 g/mol. The number of allylic oxidation sites excluding steroid dienone is 2. The van der Waals surface area contributed by atoms with Gasteiger partial charge in [0.05, 0.1) is 19.1 Å². The Morgan fingerprint density at radius 2 is 1.87 bits per heavy atom. The van der Waals surface area contributed by atoms with E-state index in [1.807, 2.05) is 39.0 Å². The molecule has 2 aliphatic heterocycles. The van der Waals surface area contributed by atoms with E-state index < -0.39 is 0 Å². The quantitative estimate of drug-likeness (QED) is 0.295. The molecule has 2 heterocycles. The lowest BCUT2D eigenvalue weighted by Crippen LogP contribution is -2.21. The van der Waals surface area contributed by atoms with Crippen LogP contribution in [0, 0.1) is 0 Å². The molecule has 1 atom stereocenters. The Bertz CT molecular complexity index is 1140. The van der Waals surface area contributed by atoms with E-state index in [4.69, 9.17) is 18.9 Å². The first-order valence-electron chi connectivity index (χ1n) is 10.0. The summed E-state index contributed by atoms with van der Waals surface area (Å²) < 4.78 is 22.7. The van der Waals surface area contributed by atoms with Gasteiger partial charge in [0.1, 0.15) is 18.1 Å². The number of fused-ring (bicyclic) bond motifs is 3. The van der Waals surface area contributed by atoms with Crippen molar-refractivity contribution in [1.82, 2.24) is 0 Å². The van der Waals surface area contributed by atoms with Crippen molar-refractivity contribution >= 4 is 11.8 Å². The van der Waals surface area contributed by atoms with Crippen LogP contribution in [0.2, 0.25) is 0 Å². The summed E-state index contributed by atoms with van der Waals surface area (Å²) in [6.45, 7) is 9.77. The number of hydrogen-bond donors (Lipinski definition) is 0. The van der Waals surface area contributed by atoms with Crippen LogP contribution in [0.5, 0.6) is 23.0 Å². The van der Waals surface area contributed by atoms with E-state index in [0.717, 1.165) is 16.7 Å². The fourth-order valence-electron chi connectivity index (χ4n) is 3.83. The summed E-state index contributed by atoms with van der Waals surface area (Å²) >= 11 is 0. The molecular formula is C25H24O6. The number of carbonyl (C=O) groups is 2. The van der Waals surface area contributed by atoms with Crippen LogP contribution in [0.3, 0.4) is 0 Å². The van der Waals surface area contributed by atoms with Gasteiger partial charge in [-0.3, -0.25) is 9.59 Å². The molecule has 31 heavy (non-hydrogen) atoms. The van der Waals surface area contributed by atoms with E-state index in [-0.39, 0.29) is 24.1 Å². The summed E-state index contributed by atoms with van der Waals surface area (Å²) in [4.78, 5) is 25.1. The molecule has 0 saturated carbocycles. The van der Waals surface area contributed by atoms with Crippen LogP contribution >= 0.6 is 0 Å². The second-order valence-electron chi connectivity index (χ2n) is 8.00. The molecule has 0 aromatic heterocycles. The van der Waals surface area contributed by atoms with Crippen molar-refractivity contribution in [1.29, 1.82) is 0 Å². The van der Waals surface area contributed by atoms with Crippen LogP contribution in [0.1, 0.15) is 54.6 Å². The topological polar surface area (TPSA) is 71.1 Å². The van der Waals surface area contributed by atoms with Crippen LogP contribution in [0.25, 0.3) is 0 Å². The van der Waals surface area contributed by atoms with E-state index in [1.165, 1.54) is 0 Å². The summed E-state index contributed by atoms with van der Waals surface area (Å²) in [6.07, 6.45) is 0.125. The standard InChI is InChI=1S/C25H24O6/c1-13(2)12-29-18-8-6-15(10-20(18)28-5)17-11-21(26)30-19-9-7-16-23(27)24(14(3)4)31-25(16)22(17)19/h6-10,17H,1,11-12H2,2-5H3/t17-/m1/s1. The van der Waals surface area contributed by atoms with Crippen LogP contribution in [0.15, 0.2) is 53.8 Å². The Balaban J connectivity index is 1.81. The minimum Gasteiger partial charge on any atom is -0.493 e. The highest BCUT2D eigenvalue weighted by molar-refractivity contribution is 6.13. The first-order valence-corrected chi connectivity index (χ1v) is 10.0. The van der Waals surface area contributed by atoms with Gasteiger partial charge in [0.25, 0.3) is 0 Å². The van der Waals surface area contributed by atoms with Gasteiger partial charge >= 0.3 is 5.97 Å². The van der Waals surface area contributed by atoms with Crippen LogP contribution in [-0.4, -0.2) is 25.5 Å². The fraction of sp³-hybridized carbons (Fsp3) is 0.280. The Kier molecular flexibility index (Phi) is 5.31. The molecule has 0 bridgehead atoms. The Hall–Kier alpha value is -3.54. The van der Waals surface area contributed by atoms with E-state index in [1.54, 1.807) is 19.2 Å². The van der Waals surface area contributed by atoms with Gasteiger partial charge in [-0.1, -0.05) is 12.6 Å². The minimum atomic E-state index is -0.348. The number of ether oxygens (including phenoxy) is 4. The van der Waals surface area contributed by atoms with Gasteiger partial charge in [0, 0.05) is 11.5 Å². The van der Waals surface area contributed by atoms with Gasteiger partial charge in [-0.05, 0) is 61.7 Å². The smallest absolute Gasteiger partial charge is 0.312 e. The van der Waals surface area contributed by atoms with Gasteiger partial charge in [-0.2, -0.15) is 0 Å². The van der Waals surface area contributed by atoms with Gasteiger partial charge < -0.3 is 18.9 Å². The third kappa shape index (κ3) is 3.69. The third-order valence-corrected chi connectivity index (χ3v) is 5.27. The lowest BCUT2D eigenvalue weighted by atomic mass is 9.84. The maximum Gasteiger partial charge on any atom is 0.312 e. The van der Waals surface area contributed by atoms with Crippen molar-refractivity contribution in [2.45, 2.75) is 33.1 Å². The summed E-state index contributed by atoms with van der Waals surface area (Å²) in [5.41, 5.74) is 3.70. The van der Waals surface area contributed by atoms with E-state index in [0.29, 0.717) is 46.5 Å². The highest BCUT2D eigenvalue weighted by atomic mass is 16.5. The second kappa shape index (κ2) is 7.95. The molecule has 0 amide bonds. The Labute approximate surface area is 181 Å². The number of benzene rings is 2. The van der Waals surface area contributed by atoms with Crippen molar-refractivity contribution in [3.63, 3.8) is 0 Å². The molecule has 4 rings (SSSR count).